The average molecular weight is 375 g/mol. The van der Waals surface area contributed by atoms with Gasteiger partial charge in [-0.2, -0.15) is 0 Å². The number of nitrogens with one attached hydrogen (secondary N) is 1. The summed E-state index contributed by atoms with van der Waals surface area (Å²) < 4.78 is 11.3. The summed E-state index contributed by atoms with van der Waals surface area (Å²) in [5, 5.41) is 15.3. The summed E-state index contributed by atoms with van der Waals surface area (Å²) in [5.41, 5.74) is 0.353. The Hall–Kier alpha value is -1.73. The van der Waals surface area contributed by atoms with Crippen molar-refractivity contribution < 1.29 is 19.4 Å². The van der Waals surface area contributed by atoms with Crippen LogP contribution in [0.1, 0.15) is 40.6 Å². The molecule has 2 heterocycles. The van der Waals surface area contributed by atoms with Crippen LogP contribution in [-0.2, 0) is 21.7 Å². The molecule has 0 saturated carbocycles. The van der Waals surface area contributed by atoms with E-state index in [1.54, 1.807) is 13.0 Å². The van der Waals surface area contributed by atoms with E-state index in [2.05, 4.69) is 5.32 Å². The van der Waals surface area contributed by atoms with Gasteiger partial charge < -0.3 is 19.9 Å². The first kappa shape index (κ1) is 19.0. The first-order valence-corrected chi connectivity index (χ1v) is 9.76. The molecular weight excluding hydrogens is 350 g/mol. The number of hydrogen-bond donors (Lipinski definition) is 2. The first-order valence-electron chi connectivity index (χ1n) is 8.88. The van der Waals surface area contributed by atoms with Gasteiger partial charge >= 0.3 is 0 Å². The van der Waals surface area contributed by atoms with Crippen molar-refractivity contribution in [3.8, 4) is 0 Å². The van der Waals surface area contributed by atoms with E-state index in [1.165, 1.54) is 11.3 Å². The largest absolute Gasteiger partial charge is 0.383 e. The Balaban J connectivity index is 1.60. The summed E-state index contributed by atoms with van der Waals surface area (Å²) in [4.78, 5) is 13.5. The van der Waals surface area contributed by atoms with Crippen LogP contribution in [-0.4, -0.2) is 36.9 Å². The number of carbonyl (C=O) groups excluding carboxylic acids is 1. The highest BCUT2D eigenvalue weighted by Crippen LogP contribution is 2.24. The smallest absolute Gasteiger partial charge is 0.251 e. The summed E-state index contributed by atoms with van der Waals surface area (Å²) >= 11 is 1.47. The molecule has 1 saturated heterocycles. The molecule has 1 fully saturated rings. The molecule has 0 radical (unpaired) electrons. The molecule has 1 aliphatic heterocycles. The van der Waals surface area contributed by atoms with Crippen LogP contribution in [0.4, 0.5) is 0 Å². The van der Waals surface area contributed by atoms with E-state index in [1.807, 2.05) is 35.7 Å². The van der Waals surface area contributed by atoms with E-state index < -0.39 is 5.60 Å². The fourth-order valence-electron chi connectivity index (χ4n) is 2.94. The summed E-state index contributed by atoms with van der Waals surface area (Å²) in [7, 11) is 0. The standard InChI is InChI=1S/C20H25NO4S/c1-20(23,18-7-4-12-26-18)14-21-19(22)17-6-3-2-5-15(17)13-25-16-8-10-24-11-9-16/h2-7,12,16,23H,8-11,13-14H2,1H3,(H,21,22). The van der Waals surface area contributed by atoms with Crippen LogP contribution in [0.25, 0.3) is 0 Å². The number of hydrogen-bond acceptors (Lipinski definition) is 5. The summed E-state index contributed by atoms with van der Waals surface area (Å²) in [6.45, 7) is 3.71. The van der Waals surface area contributed by atoms with Crippen LogP contribution in [0, 0.1) is 0 Å². The Labute approximate surface area is 158 Å². The molecule has 5 nitrogen and oxygen atoms in total. The predicted molar refractivity (Wildman–Crippen MR) is 101 cm³/mol. The Bertz CT molecular complexity index is 708. The van der Waals surface area contributed by atoms with Crippen LogP contribution in [0.15, 0.2) is 41.8 Å². The van der Waals surface area contributed by atoms with Gasteiger partial charge in [-0.1, -0.05) is 24.3 Å². The number of amides is 1. The van der Waals surface area contributed by atoms with Gasteiger partial charge in [0.15, 0.2) is 0 Å². The second-order valence-corrected chi connectivity index (χ2v) is 7.66. The lowest BCUT2D eigenvalue weighted by atomic mass is 10.0. The fourth-order valence-corrected chi connectivity index (χ4v) is 3.72. The lowest BCUT2D eigenvalue weighted by molar-refractivity contribution is -0.0392. The zero-order valence-electron chi connectivity index (χ0n) is 14.9. The number of benzene rings is 1. The molecule has 2 N–H and O–H groups in total. The average Bonchev–Trinajstić information content (AvgIpc) is 3.21. The van der Waals surface area contributed by atoms with Crippen molar-refractivity contribution in [2.75, 3.05) is 19.8 Å². The van der Waals surface area contributed by atoms with Crippen LogP contribution >= 0.6 is 11.3 Å². The highest BCUT2D eigenvalue weighted by molar-refractivity contribution is 7.10. The highest BCUT2D eigenvalue weighted by atomic mass is 32.1. The van der Waals surface area contributed by atoms with Gasteiger partial charge in [-0.05, 0) is 42.8 Å². The van der Waals surface area contributed by atoms with Crippen molar-refractivity contribution in [2.45, 2.75) is 38.1 Å². The van der Waals surface area contributed by atoms with Gasteiger partial charge in [0.25, 0.3) is 5.91 Å². The highest BCUT2D eigenvalue weighted by Gasteiger charge is 2.25. The third-order valence-corrected chi connectivity index (χ3v) is 5.67. The van der Waals surface area contributed by atoms with Crippen molar-refractivity contribution in [2.24, 2.45) is 0 Å². The maximum absolute atomic E-state index is 12.6. The van der Waals surface area contributed by atoms with Crippen LogP contribution in [0.3, 0.4) is 0 Å². The molecule has 1 unspecified atom stereocenters. The Morgan fingerprint density at radius 2 is 2.08 bits per heavy atom. The van der Waals surface area contributed by atoms with Gasteiger partial charge in [0.1, 0.15) is 5.60 Å². The molecule has 0 spiro atoms. The van der Waals surface area contributed by atoms with Crippen LogP contribution < -0.4 is 5.32 Å². The zero-order chi connectivity index (χ0) is 18.4. The maximum atomic E-state index is 12.6. The second-order valence-electron chi connectivity index (χ2n) is 6.71. The molecule has 3 rings (SSSR count). The van der Waals surface area contributed by atoms with Gasteiger partial charge in [-0.25, -0.2) is 0 Å². The molecule has 1 aromatic carbocycles. The van der Waals surface area contributed by atoms with E-state index >= 15 is 0 Å². The minimum atomic E-state index is -1.09. The second kappa shape index (κ2) is 8.77. The Morgan fingerprint density at radius 3 is 2.81 bits per heavy atom. The van der Waals surface area contributed by atoms with Crippen molar-refractivity contribution in [3.05, 3.63) is 57.8 Å². The number of aliphatic hydroxyl groups is 1. The molecule has 1 aromatic heterocycles. The first-order chi connectivity index (χ1) is 12.6. The SMILES string of the molecule is CC(O)(CNC(=O)c1ccccc1COC1CCOCC1)c1cccs1. The van der Waals surface area contributed by atoms with E-state index in [-0.39, 0.29) is 18.6 Å². The molecule has 140 valence electrons. The summed E-state index contributed by atoms with van der Waals surface area (Å²) in [5.74, 6) is -0.201. The van der Waals surface area contributed by atoms with E-state index in [0.29, 0.717) is 12.2 Å². The zero-order valence-corrected chi connectivity index (χ0v) is 15.8. The van der Waals surface area contributed by atoms with Gasteiger partial charge in [0.05, 0.1) is 19.3 Å². The molecule has 0 bridgehead atoms. The van der Waals surface area contributed by atoms with Crippen molar-refractivity contribution in [3.63, 3.8) is 0 Å². The predicted octanol–water partition coefficient (Wildman–Crippen LogP) is 3.08. The Morgan fingerprint density at radius 1 is 1.31 bits per heavy atom. The number of rotatable bonds is 7. The molecule has 1 aliphatic rings. The van der Waals surface area contributed by atoms with Crippen LogP contribution in [0.5, 0.6) is 0 Å². The number of thiophene rings is 1. The minimum Gasteiger partial charge on any atom is -0.383 e. The lowest BCUT2D eigenvalue weighted by Gasteiger charge is -2.24. The molecule has 0 aliphatic carbocycles. The van der Waals surface area contributed by atoms with Gasteiger partial charge in [-0.3, -0.25) is 4.79 Å². The van der Waals surface area contributed by atoms with E-state index in [9.17, 15) is 9.90 Å². The van der Waals surface area contributed by atoms with Gasteiger partial charge in [0.2, 0.25) is 0 Å². The Kier molecular flexibility index (Phi) is 6.43. The van der Waals surface area contributed by atoms with E-state index in [0.717, 1.165) is 36.5 Å². The molecule has 1 atom stereocenters. The molecule has 1 amide bonds. The lowest BCUT2D eigenvalue weighted by Crippen LogP contribution is -2.38. The van der Waals surface area contributed by atoms with Crippen molar-refractivity contribution >= 4 is 17.2 Å². The van der Waals surface area contributed by atoms with Crippen LogP contribution in [0.2, 0.25) is 0 Å². The number of ether oxygens (including phenoxy) is 2. The van der Waals surface area contributed by atoms with Crippen molar-refractivity contribution in [1.82, 2.24) is 5.32 Å². The molecule has 6 heteroatoms. The summed E-state index contributed by atoms with van der Waals surface area (Å²) in [6.07, 6.45) is 1.95. The van der Waals surface area contributed by atoms with E-state index in [4.69, 9.17) is 9.47 Å². The van der Waals surface area contributed by atoms with Gasteiger partial charge in [-0.15, -0.1) is 11.3 Å². The van der Waals surface area contributed by atoms with Crippen molar-refractivity contribution in [1.29, 1.82) is 0 Å². The maximum Gasteiger partial charge on any atom is 0.251 e. The molecule has 2 aromatic rings. The quantitative estimate of drug-likeness (QED) is 0.780. The van der Waals surface area contributed by atoms with Gasteiger partial charge in [0, 0.05) is 23.7 Å². The molecular formula is C20H25NO4S. The third-order valence-electron chi connectivity index (χ3n) is 4.55. The topological polar surface area (TPSA) is 67.8 Å². The normalized spacial score (nSPS) is 17.6. The third kappa shape index (κ3) is 4.92. The number of carbonyl (C=O) groups is 1. The summed E-state index contributed by atoms with van der Waals surface area (Å²) in [6, 6.07) is 11.2. The fraction of sp³-hybridized carbons (Fsp3) is 0.450. The molecule has 26 heavy (non-hydrogen) atoms. The minimum absolute atomic E-state index is 0.154. The monoisotopic (exact) mass is 375 g/mol.